The van der Waals surface area contributed by atoms with Gasteiger partial charge in [0.1, 0.15) is 6.10 Å². The van der Waals surface area contributed by atoms with Crippen LogP contribution in [0, 0.1) is 5.41 Å². The van der Waals surface area contributed by atoms with Crippen molar-refractivity contribution in [3.63, 3.8) is 0 Å². The largest absolute Gasteiger partial charge is 0.459 e. The first kappa shape index (κ1) is 14.2. The molecule has 0 saturated carbocycles. The number of ether oxygens (including phenoxy) is 1. The van der Waals surface area contributed by atoms with Gasteiger partial charge in [-0.3, -0.25) is 0 Å². The van der Waals surface area contributed by atoms with Crippen LogP contribution in [-0.2, 0) is 9.53 Å². The molecular formula is C13H24O2. The van der Waals surface area contributed by atoms with Crippen LogP contribution in [0.1, 0.15) is 53.9 Å². The SMILES string of the molecule is C=C(CC)C(=O)OC(C)C(C)(CC)CC. The fourth-order valence-corrected chi connectivity index (χ4v) is 1.36. The normalized spacial score (nSPS) is 13.4. The maximum atomic E-state index is 11.5. The zero-order valence-corrected chi connectivity index (χ0v) is 10.7. The molecule has 0 bridgehead atoms. The summed E-state index contributed by atoms with van der Waals surface area (Å²) in [5.74, 6) is -0.252. The monoisotopic (exact) mass is 212 g/mol. The first-order valence-corrected chi connectivity index (χ1v) is 5.80. The highest BCUT2D eigenvalue weighted by Gasteiger charge is 2.30. The van der Waals surface area contributed by atoms with Crippen molar-refractivity contribution in [3.05, 3.63) is 12.2 Å². The Morgan fingerprint density at radius 3 is 2.13 bits per heavy atom. The van der Waals surface area contributed by atoms with Crippen molar-refractivity contribution in [2.75, 3.05) is 0 Å². The molecule has 0 fully saturated rings. The summed E-state index contributed by atoms with van der Waals surface area (Å²) < 4.78 is 5.41. The van der Waals surface area contributed by atoms with Crippen LogP contribution >= 0.6 is 0 Å². The Hall–Kier alpha value is -0.790. The van der Waals surface area contributed by atoms with E-state index < -0.39 is 0 Å². The van der Waals surface area contributed by atoms with Crippen molar-refractivity contribution in [1.82, 2.24) is 0 Å². The highest BCUT2D eigenvalue weighted by Crippen LogP contribution is 2.32. The molecule has 0 aromatic rings. The van der Waals surface area contributed by atoms with Crippen LogP contribution in [-0.4, -0.2) is 12.1 Å². The van der Waals surface area contributed by atoms with Crippen LogP contribution in [0.25, 0.3) is 0 Å². The highest BCUT2D eigenvalue weighted by atomic mass is 16.5. The number of hydrogen-bond donors (Lipinski definition) is 0. The van der Waals surface area contributed by atoms with Gasteiger partial charge < -0.3 is 4.74 Å². The molecule has 1 unspecified atom stereocenters. The van der Waals surface area contributed by atoms with Crippen molar-refractivity contribution >= 4 is 5.97 Å². The maximum Gasteiger partial charge on any atom is 0.333 e. The second-order valence-corrected chi connectivity index (χ2v) is 4.37. The van der Waals surface area contributed by atoms with E-state index in [1.807, 2.05) is 13.8 Å². The minimum Gasteiger partial charge on any atom is -0.459 e. The van der Waals surface area contributed by atoms with Gasteiger partial charge in [0.05, 0.1) is 0 Å². The van der Waals surface area contributed by atoms with Crippen molar-refractivity contribution in [3.8, 4) is 0 Å². The summed E-state index contributed by atoms with van der Waals surface area (Å²) >= 11 is 0. The lowest BCUT2D eigenvalue weighted by molar-refractivity contribution is -0.150. The van der Waals surface area contributed by atoms with Crippen molar-refractivity contribution in [1.29, 1.82) is 0 Å². The molecule has 15 heavy (non-hydrogen) atoms. The molecule has 0 amide bonds. The van der Waals surface area contributed by atoms with Gasteiger partial charge in [0, 0.05) is 11.0 Å². The van der Waals surface area contributed by atoms with E-state index in [1.165, 1.54) is 0 Å². The Bertz CT molecular complexity index is 227. The third-order valence-electron chi connectivity index (χ3n) is 3.60. The Morgan fingerprint density at radius 1 is 1.33 bits per heavy atom. The lowest BCUT2D eigenvalue weighted by atomic mass is 9.80. The van der Waals surface area contributed by atoms with Gasteiger partial charge in [0.15, 0.2) is 0 Å². The Kier molecular flexibility index (Phi) is 5.63. The summed E-state index contributed by atoms with van der Waals surface area (Å²) in [4.78, 5) is 11.5. The summed E-state index contributed by atoms with van der Waals surface area (Å²) in [5, 5.41) is 0. The summed E-state index contributed by atoms with van der Waals surface area (Å²) in [7, 11) is 0. The molecular weight excluding hydrogens is 188 g/mol. The zero-order valence-electron chi connectivity index (χ0n) is 10.7. The van der Waals surface area contributed by atoms with Gasteiger partial charge in [-0.1, -0.05) is 34.3 Å². The molecule has 1 atom stereocenters. The topological polar surface area (TPSA) is 26.3 Å². The molecule has 0 aromatic carbocycles. The average Bonchev–Trinajstić information content (AvgIpc) is 2.26. The molecule has 0 rings (SSSR count). The molecule has 2 heteroatoms. The molecule has 2 nitrogen and oxygen atoms in total. The van der Waals surface area contributed by atoms with Crippen LogP contribution in [0.2, 0.25) is 0 Å². The van der Waals surface area contributed by atoms with Crippen LogP contribution in [0.3, 0.4) is 0 Å². The quantitative estimate of drug-likeness (QED) is 0.495. The van der Waals surface area contributed by atoms with Crippen molar-refractivity contribution in [2.24, 2.45) is 5.41 Å². The lowest BCUT2D eigenvalue weighted by Gasteiger charge is -2.33. The van der Waals surface area contributed by atoms with Gasteiger partial charge in [0.2, 0.25) is 0 Å². The van der Waals surface area contributed by atoms with Crippen molar-refractivity contribution in [2.45, 2.75) is 60.0 Å². The third kappa shape index (κ3) is 3.69. The second-order valence-electron chi connectivity index (χ2n) is 4.37. The van der Waals surface area contributed by atoms with Gasteiger partial charge in [-0.05, 0) is 26.2 Å². The fraction of sp³-hybridized carbons (Fsp3) is 0.769. The number of carbonyl (C=O) groups excluding carboxylic acids is 1. The summed E-state index contributed by atoms with van der Waals surface area (Å²) in [6.45, 7) is 14.0. The number of hydrogen-bond acceptors (Lipinski definition) is 2. The Labute approximate surface area is 93.7 Å². The molecule has 0 saturated heterocycles. The molecule has 0 aliphatic heterocycles. The lowest BCUT2D eigenvalue weighted by Crippen LogP contribution is -2.33. The molecule has 0 N–H and O–H groups in total. The molecule has 0 radical (unpaired) electrons. The Balaban J connectivity index is 4.41. The van der Waals surface area contributed by atoms with E-state index in [0.717, 1.165) is 12.8 Å². The number of esters is 1. The van der Waals surface area contributed by atoms with Crippen LogP contribution in [0.4, 0.5) is 0 Å². The van der Waals surface area contributed by atoms with Crippen LogP contribution in [0.5, 0.6) is 0 Å². The maximum absolute atomic E-state index is 11.5. The molecule has 0 heterocycles. The number of carbonyl (C=O) groups is 1. The zero-order chi connectivity index (χ0) is 12.1. The van der Waals surface area contributed by atoms with Gasteiger partial charge in [-0.2, -0.15) is 0 Å². The standard InChI is InChI=1S/C13H24O2/c1-7-10(4)12(14)15-11(5)13(6,8-2)9-3/h11H,4,7-9H2,1-3,5-6H3. The van der Waals surface area contributed by atoms with Gasteiger partial charge in [-0.25, -0.2) is 4.79 Å². The molecule has 0 aliphatic rings. The van der Waals surface area contributed by atoms with Gasteiger partial charge in [-0.15, -0.1) is 0 Å². The van der Waals surface area contributed by atoms with E-state index in [-0.39, 0.29) is 17.5 Å². The van der Waals surface area contributed by atoms with Crippen LogP contribution in [0.15, 0.2) is 12.2 Å². The smallest absolute Gasteiger partial charge is 0.333 e. The third-order valence-corrected chi connectivity index (χ3v) is 3.60. The minimum absolute atomic E-state index is 0.0525. The first-order chi connectivity index (χ1) is 6.91. The second kappa shape index (κ2) is 5.94. The van der Waals surface area contributed by atoms with E-state index in [9.17, 15) is 4.79 Å². The first-order valence-electron chi connectivity index (χ1n) is 5.80. The Morgan fingerprint density at radius 2 is 1.80 bits per heavy atom. The minimum atomic E-state index is -0.252. The average molecular weight is 212 g/mol. The molecule has 0 aromatic heterocycles. The van der Waals surface area contributed by atoms with E-state index in [4.69, 9.17) is 4.74 Å². The van der Waals surface area contributed by atoms with E-state index in [2.05, 4.69) is 27.4 Å². The summed E-state index contributed by atoms with van der Waals surface area (Å²) in [6, 6.07) is 0. The van der Waals surface area contributed by atoms with E-state index in [0.29, 0.717) is 12.0 Å². The highest BCUT2D eigenvalue weighted by molar-refractivity contribution is 5.87. The van der Waals surface area contributed by atoms with Gasteiger partial charge in [0.25, 0.3) is 0 Å². The molecule has 88 valence electrons. The van der Waals surface area contributed by atoms with Crippen molar-refractivity contribution < 1.29 is 9.53 Å². The summed E-state index contributed by atoms with van der Waals surface area (Å²) in [5.41, 5.74) is 0.625. The predicted molar refractivity (Wildman–Crippen MR) is 63.7 cm³/mol. The predicted octanol–water partition coefficient (Wildman–Crippen LogP) is 3.71. The van der Waals surface area contributed by atoms with Crippen LogP contribution < -0.4 is 0 Å². The molecule has 0 aliphatic carbocycles. The van der Waals surface area contributed by atoms with E-state index >= 15 is 0 Å². The van der Waals surface area contributed by atoms with E-state index in [1.54, 1.807) is 0 Å². The fourth-order valence-electron chi connectivity index (χ4n) is 1.36. The van der Waals surface area contributed by atoms with Gasteiger partial charge >= 0.3 is 5.97 Å². The molecule has 0 spiro atoms. The number of rotatable bonds is 6. The summed E-state index contributed by atoms with van der Waals surface area (Å²) in [6.07, 6.45) is 2.62.